The number of nitrogen functional groups attached to an aromatic ring is 1. The largest absolute Gasteiger partial charge is 0.461 e. The third-order valence-corrected chi connectivity index (χ3v) is 3.43. The standard InChI is InChI=1S/C14H16N2O2/c1-10-8-11(2-3-12(10)16)13(17)18-9-14(4-5-14)6-7-15/h2-3,8H,4-6,9,16H2,1H3. The molecular formula is C14H16N2O2. The zero-order valence-electron chi connectivity index (χ0n) is 10.4. The molecule has 4 heteroatoms. The van der Waals surface area contributed by atoms with Gasteiger partial charge < -0.3 is 10.5 Å². The summed E-state index contributed by atoms with van der Waals surface area (Å²) in [6.07, 6.45) is 2.39. The van der Waals surface area contributed by atoms with E-state index in [-0.39, 0.29) is 11.4 Å². The monoisotopic (exact) mass is 244 g/mol. The first-order valence-electron chi connectivity index (χ1n) is 5.97. The number of nitrogens with zero attached hydrogens (tertiary/aromatic N) is 1. The van der Waals surface area contributed by atoms with Crippen LogP contribution in [0.1, 0.15) is 35.2 Å². The minimum Gasteiger partial charge on any atom is -0.461 e. The SMILES string of the molecule is Cc1cc(C(=O)OCC2(CC#N)CC2)ccc1N. The predicted molar refractivity (Wildman–Crippen MR) is 67.8 cm³/mol. The third-order valence-electron chi connectivity index (χ3n) is 3.43. The molecule has 0 aromatic heterocycles. The van der Waals surface area contributed by atoms with Gasteiger partial charge in [0.25, 0.3) is 0 Å². The molecule has 1 saturated carbocycles. The van der Waals surface area contributed by atoms with Gasteiger partial charge in [-0.1, -0.05) is 0 Å². The first-order chi connectivity index (χ1) is 8.56. The Labute approximate surface area is 106 Å². The molecule has 2 N–H and O–H groups in total. The number of hydrogen-bond donors (Lipinski definition) is 1. The van der Waals surface area contributed by atoms with Crippen LogP contribution in [0.5, 0.6) is 0 Å². The normalized spacial score (nSPS) is 15.8. The highest BCUT2D eigenvalue weighted by molar-refractivity contribution is 5.90. The van der Waals surface area contributed by atoms with Gasteiger partial charge in [0, 0.05) is 17.5 Å². The molecule has 1 aromatic rings. The molecule has 2 rings (SSSR count). The lowest BCUT2D eigenvalue weighted by atomic mass is 10.1. The number of aryl methyl sites for hydroxylation is 1. The fourth-order valence-electron chi connectivity index (χ4n) is 1.82. The topological polar surface area (TPSA) is 76.1 Å². The van der Waals surface area contributed by atoms with Gasteiger partial charge >= 0.3 is 5.97 Å². The minimum atomic E-state index is -0.345. The molecule has 4 nitrogen and oxygen atoms in total. The number of anilines is 1. The summed E-state index contributed by atoms with van der Waals surface area (Å²) in [5, 5.41) is 8.69. The van der Waals surface area contributed by atoms with Crippen molar-refractivity contribution < 1.29 is 9.53 Å². The maximum atomic E-state index is 11.8. The summed E-state index contributed by atoms with van der Waals surface area (Å²) in [5.41, 5.74) is 7.65. The van der Waals surface area contributed by atoms with Gasteiger partial charge in [0.15, 0.2) is 0 Å². The second-order valence-corrected chi connectivity index (χ2v) is 4.98. The summed E-state index contributed by atoms with van der Waals surface area (Å²) in [5.74, 6) is -0.345. The average Bonchev–Trinajstić information content (AvgIpc) is 3.11. The third kappa shape index (κ3) is 2.62. The fraction of sp³-hybridized carbons (Fsp3) is 0.429. The molecule has 1 aliphatic rings. The number of ether oxygens (including phenoxy) is 1. The molecule has 0 aliphatic heterocycles. The maximum absolute atomic E-state index is 11.8. The molecule has 0 bridgehead atoms. The molecule has 1 fully saturated rings. The van der Waals surface area contributed by atoms with Crippen LogP contribution in [-0.2, 0) is 4.74 Å². The Bertz CT molecular complexity index is 513. The van der Waals surface area contributed by atoms with Crippen LogP contribution in [0, 0.1) is 23.7 Å². The van der Waals surface area contributed by atoms with Crippen molar-refractivity contribution >= 4 is 11.7 Å². The fourth-order valence-corrected chi connectivity index (χ4v) is 1.82. The van der Waals surface area contributed by atoms with E-state index in [9.17, 15) is 4.79 Å². The van der Waals surface area contributed by atoms with E-state index in [4.69, 9.17) is 15.7 Å². The van der Waals surface area contributed by atoms with Crippen LogP contribution in [0.3, 0.4) is 0 Å². The van der Waals surface area contributed by atoms with Crippen LogP contribution in [-0.4, -0.2) is 12.6 Å². The molecule has 0 unspecified atom stereocenters. The number of carbonyl (C=O) groups is 1. The number of carbonyl (C=O) groups excluding carboxylic acids is 1. The van der Waals surface area contributed by atoms with E-state index in [0.29, 0.717) is 24.3 Å². The van der Waals surface area contributed by atoms with Gasteiger partial charge in [0.05, 0.1) is 18.2 Å². The van der Waals surface area contributed by atoms with Gasteiger partial charge in [-0.05, 0) is 43.5 Å². The van der Waals surface area contributed by atoms with Crippen LogP contribution in [0.2, 0.25) is 0 Å². The Morgan fingerprint density at radius 1 is 1.56 bits per heavy atom. The Kier molecular flexibility index (Phi) is 3.24. The molecule has 0 atom stereocenters. The van der Waals surface area contributed by atoms with Crippen molar-refractivity contribution in [3.63, 3.8) is 0 Å². The van der Waals surface area contributed by atoms with E-state index >= 15 is 0 Å². The first-order valence-corrected chi connectivity index (χ1v) is 5.97. The molecule has 94 valence electrons. The Morgan fingerprint density at radius 3 is 2.83 bits per heavy atom. The lowest BCUT2D eigenvalue weighted by Crippen LogP contribution is -2.15. The number of rotatable bonds is 4. The minimum absolute atomic E-state index is 0.0761. The van der Waals surface area contributed by atoms with E-state index in [0.717, 1.165) is 18.4 Å². The van der Waals surface area contributed by atoms with Crippen LogP contribution < -0.4 is 5.73 Å². The van der Waals surface area contributed by atoms with Crippen molar-refractivity contribution in [2.75, 3.05) is 12.3 Å². The number of nitriles is 1. The van der Waals surface area contributed by atoms with Gasteiger partial charge in [-0.3, -0.25) is 0 Å². The van der Waals surface area contributed by atoms with Crippen LogP contribution in [0.15, 0.2) is 18.2 Å². The first kappa shape index (κ1) is 12.4. The van der Waals surface area contributed by atoms with Gasteiger partial charge in [0.1, 0.15) is 0 Å². The highest BCUT2D eigenvalue weighted by Gasteiger charge is 2.43. The van der Waals surface area contributed by atoms with E-state index in [2.05, 4.69) is 6.07 Å². The molecule has 0 saturated heterocycles. The molecular weight excluding hydrogens is 228 g/mol. The summed E-state index contributed by atoms with van der Waals surface area (Å²) in [6, 6.07) is 7.23. The van der Waals surface area contributed by atoms with Crippen molar-refractivity contribution in [3.05, 3.63) is 29.3 Å². The van der Waals surface area contributed by atoms with E-state index in [1.54, 1.807) is 18.2 Å². The smallest absolute Gasteiger partial charge is 0.338 e. The van der Waals surface area contributed by atoms with Crippen molar-refractivity contribution in [2.24, 2.45) is 5.41 Å². The Morgan fingerprint density at radius 2 is 2.28 bits per heavy atom. The molecule has 0 heterocycles. The molecule has 0 amide bonds. The lowest BCUT2D eigenvalue weighted by molar-refractivity contribution is 0.0419. The van der Waals surface area contributed by atoms with Gasteiger partial charge in [-0.2, -0.15) is 5.26 Å². The summed E-state index contributed by atoms with van der Waals surface area (Å²) < 4.78 is 5.27. The van der Waals surface area contributed by atoms with E-state index in [1.165, 1.54) is 0 Å². The summed E-state index contributed by atoms with van der Waals surface area (Å²) in [6.45, 7) is 2.19. The van der Waals surface area contributed by atoms with E-state index < -0.39 is 0 Å². The summed E-state index contributed by atoms with van der Waals surface area (Å²) in [4.78, 5) is 11.8. The number of hydrogen-bond acceptors (Lipinski definition) is 4. The zero-order chi connectivity index (χ0) is 13.2. The summed E-state index contributed by atoms with van der Waals surface area (Å²) in [7, 11) is 0. The van der Waals surface area contributed by atoms with Crippen LogP contribution in [0.4, 0.5) is 5.69 Å². The predicted octanol–water partition coefficient (Wildman–Crippen LogP) is 2.43. The maximum Gasteiger partial charge on any atom is 0.338 e. The number of esters is 1. The van der Waals surface area contributed by atoms with E-state index in [1.807, 2.05) is 6.92 Å². The highest BCUT2D eigenvalue weighted by atomic mass is 16.5. The molecule has 18 heavy (non-hydrogen) atoms. The highest BCUT2D eigenvalue weighted by Crippen LogP contribution is 2.48. The van der Waals surface area contributed by atoms with Gasteiger partial charge in [-0.15, -0.1) is 0 Å². The lowest BCUT2D eigenvalue weighted by Gasteiger charge is -2.12. The second-order valence-electron chi connectivity index (χ2n) is 4.98. The molecule has 1 aromatic carbocycles. The zero-order valence-corrected chi connectivity index (χ0v) is 10.4. The molecule has 1 aliphatic carbocycles. The Hall–Kier alpha value is -2.02. The van der Waals surface area contributed by atoms with Crippen LogP contribution >= 0.6 is 0 Å². The number of benzene rings is 1. The van der Waals surface area contributed by atoms with Crippen molar-refractivity contribution in [3.8, 4) is 6.07 Å². The average molecular weight is 244 g/mol. The van der Waals surface area contributed by atoms with Crippen molar-refractivity contribution in [1.29, 1.82) is 5.26 Å². The van der Waals surface area contributed by atoms with Crippen molar-refractivity contribution in [1.82, 2.24) is 0 Å². The van der Waals surface area contributed by atoms with Crippen molar-refractivity contribution in [2.45, 2.75) is 26.2 Å². The summed E-state index contributed by atoms with van der Waals surface area (Å²) >= 11 is 0. The number of nitrogens with two attached hydrogens (primary N) is 1. The molecule has 0 radical (unpaired) electrons. The molecule has 0 spiro atoms. The second kappa shape index (κ2) is 4.69. The Balaban J connectivity index is 1.96. The van der Waals surface area contributed by atoms with Gasteiger partial charge in [-0.25, -0.2) is 4.79 Å². The van der Waals surface area contributed by atoms with Gasteiger partial charge in [0.2, 0.25) is 0 Å². The quantitative estimate of drug-likeness (QED) is 0.652. The van der Waals surface area contributed by atoms with Crippen LogP contribution in [0.25, 0.3) is 0 Å².